The molecule has 0 unspecified atom stereocenters. The second kappa shape index (κ2) is 11.1. The third-order valence-electron chi connectivity index (χ3n) is 4.53. The summed E-state index contributed by atoms with van der Waals surface area (Å²) < 4.78 is 18.1. The van der Waals surface area contributed by atoms with Gasteiger partial charge in [0.1, 0.15) is 11.6 Å². The fourth-order valence-corrected chi connectivity index (χ4v) is 2.81. The van der Waals surface area contributed by atoms with Crippen LogP contribution in [-0.4, -0.2) is 43.5 Å². The summed E-state index contributed by atoms with van der Waals surface area (Å²) in [4.78, 5) is 25.5. The number of hydrogen-bond donors (Lipinski definition) is 1. The molecule has 0 radical (unpaired) electrons. The number of carbonyl (C=O) groups is 2. The van der Waals surface area contributed by atoms with Gasteiger partial charge in [-0.3, -0.25) is 9.59 Å². The normalized spacial score (nSPS) is 10.4. The van der Waals surface area contributed by atoms with Crippen LogP contribution in [0.4, 0.5) is 4.39 Å². The lowest BCUT2D eigenvalue weighted by Crippen LogP contribution is -2.35. The van der Waals surface area contributed by atoms with E-state index in [1.54, 1.807) is 24.1 Å². The highest BCUT2D eigenvalue weighted by Gasteiger charge is 2.11. The average Bonchev–Trinajstić information content (AvgIpc) is 2.69. The van der Waals surface area contributed by atoms with Crippen LogP contribution in [0.2, 0.25) is 0 Å². The molecular weight excluding hydrogens is 359 g/mol. The number of nitrogens with one attached hydrogen (secondary N) is 1. The first-order chi connectivity index (χ1) is 13.5. The molecule has 2 amide bonds. The number of nitrogens with zero attached hydrogens (tertiary/aromatic N) is 1. The minimum Gasteiger partial charge on any atom is -0.497 e. The highest BCUT2D eigenvalue weighted by Crippen LogP contribution is 2.11. The molecule has 28 heavy (non-hydrogen) atoms. The molecule has 2 aromatic carbocycles. The molecule has 0 spiro atoms. The van der Waals surface area contributed by atoms with E-state index >= 15 is 0 Å². The number of halogens is 1. The molecule has 2 rings (SSSR count). The van der Waals surface area contributed by atoms with Crippen LogP contribution >= 0.6 is 0 Å². The topological polar surface area (TPSA) is 58.6 Å². The van der Waals surface area contributed by atoms with Gasteiger partial charge in [0.05, 0.1) is 7.11 Å². The smallest absolute Gasteiger partial charge is 0.221 e. The molecule has 0 aliphatic carbocycles. The van der Waals surface area contributed by atoms with Crippen molar-refractivity contribution in [3.8, 4) is 5.75 Å². The van der Waals surface area contributed by atoms with Gasteiger partial charge < -0.3 is 15.0 Å². The maximum atomic E-state index is 13.0. The van der Waals surface area contributed by atoms with E-state index in [1.807, 2.05) is 24.3 Å². The summed E-state index contributed by atoms with van der Waals surface area (Å²) in [7, 11) is 1.62. The Morgan fingerprint density at radius 2 is 1.57 bits per heavy atom. The minimum atomic E-state index is -0.279. The first-order valence-corrected chi connectivity index (χ1v) is 9.37. The quantitative estimate of drug-likeness (QED) is 0.683. The highest BCUT2D eigenvalue weighted by atomic mass is 19.1. The molecule has 0 aliphatic rings. The van der Waals surface area contributed by atoms with E-state index in [4.69, 9.17) is 4.74 Å². The summed E-state index contributed by atoms with van der Waals surface area (Å²) >= 11 is 0. The zero-order valence-corrected chi connectivity index (χ0v) is 16.4. The molecule has 0 saturated carbocycles. The molecule has 2 aromatic rings. The molecule has 1 N–H and O–H groups in total. The molecule has 6 heteroatoms. The first kappa shape index (κ1) is 21.4. The van der Waals surface area contributed by atoms with Gasteiger partial charge in [-0.05, 0) is 48.2 Å². The fraction of sp³-hybridized carbons (Fsp3) is 0.364. The number of amides is 2. The van der Waals surface area contributed by atoms with Crippen molar-refractivity contribution in [2.75, 3.05) is 26.7 Å². The zero-order chi connectivity index (χ0) is 20.4. The molecule has 0 aromatic heterocycles. The van der Waals surface area contributed by atoms with Crippen molar-refractivity contribution >= 4 is 11.8 Å². The number of carbonyl (C=O) groups excluding carboxylic acids is 2. The van der Waals surface area contributed by atoms with Gasteiger partial charge in [-0.1, -0.05) is 24.3 Å². The van der Waals surface area contributed by atoms with E-state index in [0.717, 1.165) is 23.3 Å². The molecular formula is C22H27FN2O3. The van der Waals surface area contributed by atoms with E-state index in [1.165, 1.54) is 19.1 Å². The van der Waals surface area contributed by atoms with Gasteiger partial charge in [0.25, 0.3) is 0 Å². The summed E-state index contributed by atoms with van der Waals surface area (Å²) in [5, 5.41) is 2.88. The standard InChI is InChI=1S/C22H27FN2O3/c1-17(26)25(15-12-19-3-7-20(23)8-4-19)16-13-22(27)24-14-11-18-5-9-21(28-2)10-6-18/h3-10H,11-16H2,1-2H3,(H,24,27). The largest absolute Gasteiger partial charge is 0.497 e. The van der Waals surface area contributed by atoms with Crippen LogP contribution in [0.25, 0.3) is 0 Å². The van der Waals surface area contributed by atoms with E-state index < -0.39 is 0 Å². The predicted molar refractivity (Wildman–Crippen MR) is 107 cm³/mol. The molecule has 0 saturated heterocycles. The number of benzene rings is 2. The second-order valence-electron chi connectivity index (χ2n) is 6.58. The lowest BCUT2D eigenvalue weighted by molar-refractivity contribution is -0.129. The van der Waals surface area contributed by atoms with Gasteiger partial charge in [-0.2, -0.15) is 0 Å². The number of hydrogen-bond acceptors (Lipinski definition) is 3. The van der Waals surface area contributed by atoms with E-state index in [-0.39, 0.29) is 24.1 Å². The van der Waals surface area contributed by atoms with Gasteiger partial charge in [-0.25, -0.2) is 4.39 Å². The van der Waals surface area contributed by atoms with Gasteiger partial charge >= 0.3 is 0 Å². The molecule has 5 nitrogen and oxygen atoms in total. The third kappa shape index (κ3) is 7.39. The minimum absolute atomic E-state index is 0.0758. The monoisotopic (exact) mass is 386 g/mol. The van der Waals surface area contributed by atoms with Crippen molar-refractivity contribution in [1.82, 2.24) is 10.2 Å². The van der Waals surface area contributed by atoms with Crippen LogP contribution in [0.15, 0.2) is 48.5 Å². The molecule has 0 bridgehead atoms. The Hall–Kier alpha value is -2.89. The van der Waals surface area contributed by atoms with Gasteiger partial charge in [0.15, 0.2) is 0 Å². The Morgan fingerprint density at radius 3 is 2.18 bits per heavy atom. The van der Waals surface area contributed by atoms with Crippen LogP contribution in [0, 0.1) is 5.82 Å². The maximum absolute atomic E-state index is 13.0. The Balaban J connectivity index is 1.70. The number of rotatable bonds is 10. The van der Waals surface area contributed by atoms with Gasteiger partial charge in [0.2, 0.25) is 11.8 Å². The predicted octanol–water partition coefficient (Wildman–Crippen LogP) is 2.97. The summed E-state index contributed by atoms with van der Waals surface area (Å²) in [6.07, 6.45) is 1.61. The summed E-state index contributed by atoms with van der Waals surface area (Å²) in [6.45, 7) is 2.90. The van der Waals surface area contributed by atoms with Crippen LogP contribution in [-0.2, 0) is 22.4 Å². The molecule has 0 heterocycles. The number of ether oxygens (including phenoxy) is 1. The summed E-state index contributed by atoms with van der Waals surface area (Å²) in [6, 6.07) is 14.0. The first-order valence-electron chi connectivity index (χ1n) is 9.37. The second-order valence-corrected chi connectivity index (χ2v) is 6.58. The van der Waals surface area contributed by atoms with Crippen molar-refractivity contribution in [2.24, 2.45) is 0 Å². The van der Waals surface area contributed by atoms with Crippen molar-refractivity contribution in [2.45, 2.75) is 26.2 Å². The Morgan fingerprint density at radius 1 is 0.964 bits per heavy atom. The van der Waals surface area contributed by atoms with Gasteiger partial charge in [-0.15, -0.1) is 0 Å². The van der Waals surface area contributed by atoms with Crippen molar-refractivity contribution in [3.63, 3.8) is 0 Å². The highest BCUT2D eigenvalue weighted by molar-refractivity contribution is 5.78. The summed E-state index contributed by atoms with van der Waals surface area (Å²) in [5.41, 5.74) is 2.07. The van der Waals surface area contributed by atoms with Crippen LogP contribution in [0.5, 0.6) is 5.75 Å². The van der Waals surface area contributed by atoms with Crippen LogP contribution in [0.1, 0.15) is 24.5 Å². The Kier molecular flexibility index (Phi) is 8.46. The molecule has 0 fully saturated rings. The lowest BCUT2D eigenvalue weighted by Gasteiger charge is -2.21. The fourth-order valence-electron chi connectivity index (χ4n) is 2.81. The molecule has 0 aliphatic heterocycles. The van der Waals surface area contributed by atoms with Crippen molar-refractivity contribution in [1.29, 1.82) is 0 Å². The van der Waals surface area contributed by atoms with Crippen molar-refractivity contribution < 1.29 is 18.7 Å². The third-order valence-corrected chi connectivity index (χ3v) is 4.53. The zero-order valence-electron chi connectivity index (χ0n) is 16.4. The van der Waals surface area contributed by atoms with E-state index in [2.05, 4.69) is 5.32 Å². The molecule has 0 atom stereocenters. The molecule has 150 valence electrons. The maximum Gasteiger partial charge on any atom is 0.221 e. The average molecular weight is 386 g/mol. The van der Waals surface area contributed by atoms with E-state index in [0.29, 0.717) is 26.1 Å². The Bertz CT molecular complexity index is 760. The van der Waals surface area contributed by atoms with E-state index in [9.17, 15) is 14.0 Å². The van der Waals surface area contributed by atoms with Crippen LogP contribution in [0.3, 0.4) is 0 Å². The number of methoxy groups -OCH3 is 1. The van der Waals surface area contributed by atoms with Crippen LogP contribution < -0.4 is 10.1 Å². The lowest BCUT2D eigenvalue weighted by atomic mass is 10.1. The van der Waals surface area contributed by atoms with Gasteiger partial charge in [0, 0.05) is 33.0 Å². The Labute approximate surface area is 165 Å². The van der Waals surface area contributed by atoms with Crippen molar-refractivity contribution in [3.05, 3.63) is 65.5 Å². The summed E-state index contributed by atoms with van der Waals surface area (Å²) in [5.74, 6) is 0.367. The SMILES string of the molecule is COc1ccc(CCNC(=O)CCN(CCc2ccc(F)cc2)C(C)=O)cc1.